The van der Waals surface area contributed by atoms with E-state index in [-0.39, 0.29) is 17.4 Å². The average Bonchev–Trinajstić information content (AvgIpc) is 2.84. The first-order valence-electron chi connectivity index (χ1n) is 7.42. The highest BCUT2D eigenvalue weighted by Crippen LogP contribution is 2.29. The van der Waals surface area contributed by atoms with E-state index >= 15 is 0 Å². The number of fused-ring (bicyclic) bond motifs is 2. The normalized spacial score (nSPS) is 17.5. The molecule has 0 saturated carbocycles. The zero-order valence-corrected chi connectivity index (χ0v) is 13.8. The molecule has 0 amide bonds. The summed E-state index contributed by atoms with van der Waals surface area (Å²) in [7, 11) is 0. The fraction of sp³-hybridized carbons (Fsp3) is 0.176. The quantitative estimate of drug-likeness (QED) is 0.666. The fourth-order valence-electron chi connectivity index (χ4n) is 2.56. The predicted octanol–water partition coefficient (Wildman–Crippen LogP) is 1.18. The van der Waals surface area contributed by atoms with Crippen molar-refractivity contribution in [2.75, 3.05) is 0 Å². The van der Waals surface area contributed by atoms with Crippen LogP contribution in [0, 0.1) is 6.92 Å². The van der Waals surface area contributed by atoms with Crippen LogP contribution in [0.3, 0.4) is 0 Å². The number of ether oxygens (including phenoxy) is 1. The lowest BCUT2D eigenvalue weighted by atomic mass is 10.0. The molecule has 1 aliphatic rings. The Bertz CT molecular complexity index is 1160. The van der Waals surface area contributed by atoms with Crippen molar-refractivity contribution in [1.82, 2.24) is 14.6 Å². The van der Waals surface area contributed by atoms with E-state index in [9.17, 15) is 9.59 Å². The number of aryl methyl sites for hydroxylation is 1. The van der Waals surface area contributed by atoms with Crippen LogP contribution in [0.2, 0.25) is 0 Å². The summed E-state index contributed by atoms with van der Waals surface area (Å²) in [6, 6.07) is 7.74. The molecule has 1 aliphatic heterocycles. The Morgan fingerprint density at radius 3 is 2.92 bits per heavy atom. The lowest BCUT2D eigenvalue weighted by Gasteiger charge is -2.22. The SMILES string of the molecule is Cc1nn2c(=O)c(=CC3=Cc4ccccc4OC3C)sc2nc1=O. The third-order valence-corrected chi connectivity index (χ3v) is 4.81. The number of hydrogen-bond donors (Lipinski definition) is 0. The molecule has 3 aromatic rings. The Labute approximate surface area is 140 Å². The van der Waals surface area contributed by atoms with Gasteiger partial charge in [-0.05, 0) is 37.6 Å². The van der Waals surface area contributed by atoms with Crippen LogP contribution < -0.4 is 20.4 Å². The smallest absolute Gasteiger partial charge is 0.295 e. The second kappa shape index (κ2) is 5.38. The molecule has 0 aliphatic carbocycles. The molecule has 0 spiro atoms. The molecule has 1 atom stereocenters. The van der Waals surface area contributed by atoms with Gasteiger partial charge in [0.05, 0.1) is 4.53 Å². The van der Waals surface area contributed by atoms with Crippen molar-refractivity contribution in [1.29, 1.82) is 0 Å². The highest BCUT2D eigenvalue weighted by molar-refractivity contribution is 7.15. The Kier molecular flexibility index (Phi) is 3.31. The van der Waals surface area contributed by atoms with Gasteiger partial charge in [0.25, 0.3) is 11.1 Å². The molecule has 0 N–H and O–H groups in total. The molecule has 0 radical (unpaired) electrons. The van der Waals surface area contributed by atoms with Gasteiger partial charge in [0, 0.05) is 5.56 Å². The summed E-state index contributed by atoms with van der Waals surface area (Å²) in [5, 5.41) is 4.01. The molecular weight excluding hydrogens is 326 g/mol. The van der Waals surface area contributed by atoms with Gasteiger partial charge in [0.2, 0.25) is 4.96 Å². The summed E-state index contributed by atoms with van der Waals surface area (Å²) >= 11 is 1.15. The molecule has 0 saturated heterocycles. The van der Waals surface area contributed by atoms with Crippen molar-refractivity contribution < 1.29 is 4.74 Å². The van der Waals surface area contributed by atoms with E-state index in [1.54, 1.807) is 13.0 Å². The third kappa shape index (κ3) is 2.33. The predicted molar refractivity (Wildman–Crippen MR) is 92.3 cm³/mol. The maximum atomic E-state index is 12.5. The molecule has 7 heteroatoms. The number of nitrogens with zero attached hydrogens (tertiary/aromatic N) is 3. The molecule has 0 fully saturated rings. The van der Waals surface area contributed by atoms with Gasteiger partial charge >= 0.3 is 0 Å². The van der Waals surface area contributed by atoms with E-state index in [2.05, 4.69) is 10.1 Å². The van der Waals surface area contributed by atoms with Crippen molar-refractivity contribution in [3.05, 3.63) is 66.3 Å². The summed E-state index contributed by atoms with van der Waals surface area (Å²) in [5.41, 5.74) is 1.37. The zero-order valence-electron chi connectivity index (χ0n) is 13.0. The maximum absolute atomic E-state index is 12.5. The van der Waals surface area contributed by atoms with Gasteiger partial charge < -0.3 is 4.74 Å². The lowest BCUT2D eigenvalue weighted by Crippen LogP contribution is -2.28. The topological polar surface area (TPSA) is 73.6 Å². The van der Waals surface area contributed by atoms with Crippen molar-refractivity contribution in [2.45, 2.75) is 20.0 Å². The van der Waals surface area contributed by atoms with Gasteiger partial charge in [-0.2, -0.15) is 14.6 Å². The second-order valence-electron chi connectivity index (χ2n) is 5.55. The standard InChI is InChI=1S/C17H13N3O3S/c1-9-15(21)18-17-20(19-9)16(22)14(24-17)8-12-7-11-5-3-4-6-13(11)23-10(12)2/h3-8,10H,1-2H3. The fourth-order valence-corrected chi connectivity index (χ4v) is 3.46. The molecule has 24 heavy (non-hydrogen) atoms. The monoisotopic (exact) mass is 339 g/mol. The first-order valence-corrected chi connectivity index (χ1v) is 8.24. The van der Waals surface area contributed by atoms with Crippen molar-refractivity contribution in [2.24, 2.45) is 0 Å². The summed E-state index contributed by atoms with van der Waals surface area (Å²) in [4.78, 5) is 28.3. The maximum Gasteiger partial charge on any atom is 0.295 e. The highest BCUT2D eigenvalue weighted by Gasteiger charge is 2.17. The van der Waals surface area contributed by atoms with Crippen LogP contribution in [-0.2, 0) is 0 Å². The van der Waals surface area contributed by atoms with Crippen LogP contribution in [0.4, 0.5) is 0 Å². The third-order valence-electron chi connectivity index (χ3n) is 3.85. The number of para-hydroxylation sites is 1. The summed E-state index contributed by atoms with van der Waals surface area (Å²) < 4.78 is 7.53. The van der Waals surface area contributed by atoms with E-state index in [0.717, 1.165) is 28.2 Å². The van der Waals surface area contributed by atoms with Crippen LogP contribution >= 0.6 is 11.3 Å². The molecule has 1 aromatic carbocycles. The summed E-state index contributed by atoms with van der Waals surface area (Å²) in [6.07, 6.45) is 3.61. The van der Waals surface area contributed by atoms with Crippen LogP contribution in [-0.4, -0.2) is 20.7 Å². The molecule has 0 bridgehead atoms. The van der Waals surface area contributed by atoms with Gasteiger partial charge in [-0.25, -0.2) is 0 Å². The van der Waals surface area contributed by atoms with Crippen LogP contribution in [0.1, 0.15) is 18.2 Å². The van der Waals surface area contributed by atoms with Crippen LogP contribution in [0.15, 0.2) is 39.4 Å². The first-order chi connectivity index (χ1) is 11.5. The van der Waals surface area contributed by atoms with Crippen molar-refractivity contribution in [3.8, 4) is 5.75 Å². The molecule has 2 aromatic heterocycles. The van der Waals surface area contributed by atoms with Crippen LogP contribution in [0.25, 0.3) is 17.1 Å². The number of benzene rings is 1. The highest BCUT2D eigenvalue weighted by atomic mass is 32.1. The number of rotatable bonds is 1. The minimum atomic E-state index is -0.412. The molecule has 3 heterocycles. The van der Waals surface area contributed by atoms with Gasteiger partial charge in [-0.15, -0.1) is 0 Å². The molecule has 120 valence electrons. The van der Waals surface area contributed by atoms with Crippen molar-refractivity contribution in [3.63, 3.8) is 0 Å². The largest absolute Gasteiger partial charge is 0.485 e. The van der Waals surface area contributed by atoms with E-state index in [1.165, 1.54) is 4.52 Å². The van der Waals surface area contributed by atoms with Gasteiger partial charge in [-0.1, -0.05) is 29.5 Å². The molecule has 6 nitrogen and oxygen atoms in total. The average molecular weight is 339 g/mol. The van der Waals surface area contributed by atoms with Gasteiger partial charge in [-0.3, -0.25) is 9.59 Å². The Balaban J connectivity index is 1.92. The minimum Gasteiger partial charge on any atom is -0.485 e. The summed E-state index contributed by atoms with van der Waals surface area (Å²) in [5.74, 6) is 0.824. The molecule has 4 rings (SSSR count). The summed E-state index contributed by atoms with van der Waals surface area (Å²) in [6.45, 7) is 3.47. The number of hydrogen-bond acceptors (Lipinski definition) is 6. The van der Waals surface area contributed by atoms with Crippen molar-refractivity contribution >= 4 is 28.4 Å². The second-order valence-corrected chi connectivity index (χ2v) is 6.56. The molecular formula is C17H13N3O3S. The van der Waals surface area contributed by atoms with Gasteiger partial charge in [0.15, 0.2) is 0 Å². The molecule has 1 unspecified atom stereocenters. The van der Waals surface area contributed by atoms with E-state index in [4.69, 9.17) is 4.74 Å². The first kappa shape index (κ1) is 14.8. The zero-order chi connectivity index (χ0) is 16.8. The van der Waals surface area contributed by atoms with E-state index in [0.29, 0.717) is 9.49 Å². The van der Waals surface area contributed by atoms with E-state index in [1.807, 2.05) is 37.3 Å². The Morgan fingerprint density at radius 2 is 2.08 bits per heavy atom. The number of thiazole rings is 1. The number of aromatic nitrogens is 3. The van der Waals surface area contributed by atoms with E-state index < -0.39 is 5.56 Å². The minimum absolute atomic E-state index is 0.174. The Hall–Kier alpha value is -2.80. The lowest BCUT2D eigenvalue weighted by molar-refractivity contribution is 0.259. The van der Waals surface area contributed by atoms with Gasteiger partial charge in [0.1, 0.15) is 17.5 Å². The van der Waals surface area contributed by atoms with Crippen LogP contribution in [0.5, 0.6) is 5.75 Å². The Morgan fingerprint density at radius 1 is 1.29 bits per heavy atom.